The SMILES string of the molecule is O=C(Nc1ccc(C2CCN(C(=O)C3CCC(C(=O)O)CC3)CC2)cc1)c1cn(-c2ccc(F)cc2)nc1C(F)(F)F. The number of rotatable bonds is 6. The van der Waals surface area contributed by atoms with Crippen molar-refractivity contribution in [2.24, 2.45) is 11.8 Å². The van der Waals surface area contributed by atoms with Crippen LogP contribution in [0.15, 0.2) is 54.7 Å². The van der Waals surface area contributed by atoms with Gasteiger partial charge in [-0.05, 0) is 86.4 Å². The number of likely N-dealkylation sites (tertiary alicyclic amines) is 1. The Labute approximate surface area is 239 Å². The molecular weight excluding hydrogens is 556 g/mol. The molecule has 2 fully saturated rings. The first-order chi connectivity index (χ1) is 20.0. The highest BCUT2D eigenvalue weighted by Gasteiger charge is 2.39. The Hall–Kier alpha value is -4.22. The van der Waals surface area contributed by atoms with Gasteiger partial charge in [0.1, 0.15) is 5.82 Å². The number of aliphatic carboxylic acids is 1. The fraction of sp³-hybridized carbons (Fsp3) is 0.400. The summed E-state index contributed by atoms with van der Waals surface area (Å²) in [6.45, 7) is 1.19. The molecule has 1 aromatic heterocycles. The van der Waals surface area contributed by atoms with E-state index in [0.29, 0.717) is 44.5 Å². The normalized spacial score (nSPS) is 19.9. The largest absolute Gasteiger partial charge is 0.481 e. The number of hydrogen-bond donors (Lipinski definition) is 2. The second-order valence-corrected chi connectivity index (χ2v) is 10.9. The Balaban J connectivity index is 1.19. The van der Waals surface area contributed by atoms with Crippen LogP contribution in [-0.2, 0) is 15.8 Å². The summed E-state index contributed by atoms with van der Waals surface area (Å²) in [5.74, 6) is -2.54. The number of piperidine rings is 1. The van der Waals surface area contributed by atoms with Crippen LogP contribution in [0.25, 0.3) is 5.69 Å². The molecule has 12 heteroatoms. The number of nitrogens with one attached hydrogen (secondary N) is 1. The van der Waals surface area contributed by atoms with Crippen molar-refractivity contribution in [3.05, 3.63) is 77.4 Å². The van der Waals surface area contributed by atoms with Gasteiger partial charge in [0.25, 0.3) is 5.91 Å². The number of hydrogen-bond acceptors (Lipinski definition) is 4. The predicted octanol–water partition coefficient (Wildman–Crippen LogP) is 5.88. The van der Waals surface area contributed by atoms with E-state index >= 15 is 0 Å². The van der Waals surface area contributed by atoms with E-state index in [1.165, 1.54) is 12.1 Å². The first-order valence-electron chi connectivity index (χ1n) is 13.9. The second-order valence-electron chi connectivity index (χ2n) is 10.9. The monoisotopic (exact) mass is 586 g/mol. The van der Waals surface area contributed by atoms with Crippen molar-refractivity contribution in [3.8, 4) is 5.69 Å². The predicted molar refractivity (Wildman–Crippen MR) is 145 cm³/mol. The van der Waals surface area contributed by atoms with Gasteiger partial charge in [-0.1, -0.05) is 12.1 Å². The van der Waals surface area contributed by atoms with Crippen molar-refractivity contribution in [1.82, 2.24) is 14.7 Å². The fourth-order valence-corrected chi connectivity index (χ4v) is 5.79. The average Bonchev–Trinajstić information content (AvgIpc) is 3.45. The smallest absolute Gasteiger partial charge is 0.435 e. The number of carboxylic acids is 1. The maximum Gasteiger partial charge on any atom is 0.435 e. The summed E-state index contributed by atoms with van der Waals surface area (Å²) in [4.78, 5) is 38.9. The summed E-state index contributed by atoms with van der Waals surface area (Å²) >= 11 is 0. The van der Waals surface area contributed by atoms with Gasteiger partial charge in [0.15, 0.2) is 5.69 Å². The molecule has 42 heavy (non-hydrogen) atoms. The Bertz CT molecular complexity index is 1440. The molecule has 2 N–H and O–H groups in total. The molecular formula is C30H30F4N4O4. The lowest BCUT2D eigenvalue weighted by atomic mass is 9.81. The van der Waals surface area contributed by atoms with E-state index in [0.717, 1.165) is 41.4 Å². The van der Waals surface area contributed by atoms with Gasteiger partial charge in [-0.2, -0.15) is 18.3 Å². The van der Waals surface area contributed by atoms with E-state index in [-0.39, 0.29) is 29.3 Å². The van der Waals surface area contributed by atoms with Crippen molar-refractivity contribution in [3.63, 3.8) is 0 Å². The van der Waals surface area contributed by atoms with Crippen LogP contribution >= 0.6 is 0 Å². The topological polar surface area (TPSA) is 105 Å². The van der Waals surface area contributed by atoms with Gasteiger partial charge in [0, 0.05) is 30.9 Å². The van der Waals surface area contributed by atoms with Gasteiger partial charge >= 0.3 is 12.1 Å². The van der Waals surface area contributed by atoms with E-state index in [1.54, 1.807) is 12.1 Å². The van der Waals surface area contributed by atoms with Crippen LogP contribution in [0, 0.1) is 17.7 Å². The van der Waals surface area contributed by atoms with Crippen LogP contribution < -0.4 is 5.32 Å². The maximum atomic E-state index is 13.7. The minimum atomic E-state index is -4.88. The third-order valence-electron chi connectivity index (χ3n) is 8.19. The highest BCUT2D eigenvalue weighted by atomic mass is 19.4. The zero-order valence-corrected chi connectivity index (χ0v) is 22.6. The van der Waals surface area contributed by atoms with Crippen LogP contribution in [0.2, 0.25) is 0 Å². The molecule has 222 valence electrons. The highest BCUT2D eigenvalue weighted by Crippen LogP contribution is 2.34. The average molecular weight is 587 g/mol. The lowest BCUT2D eigenvalue weighted by Gasteiger charge is -2.36. The molecule has 1 aliphatic carbocycles. The number of carbonyl (C=O) groups is 3. The summed E-state index contributed by atoms with van der Waals surface area (Å²) in [5, 5.41) is 15.2. The van der Waals surface area contributed by atoms with Crippen molar-refractivity contribution in [2.75, 3.05) is 18.4 Å². The van der Waals surface area contributed by atoms with Crippen LogP contribution in [0.1, 0.15) is 66.1 Å². The van der Waals surface area contributed by atoms with Gasteiger partial charge in [-0.15, -0.1) is 0 Å². The standard InChI is InChI=1S/C30H30F4N4O4/c31-22-7-11-24(12-8-22)38-17-25(26(36-38)30(32,33)34)27(39)35-23-9-5-18(6-10-23)19-13-15-37(16-14-19)28(40)20-1-3-21(4-2-20)29(41)42/h5-12,17,19-21H,1-4,13-16H2,(H,35,39)(H,41,42). The minimum Gasteiger partial charge on any atom is -0.481 e. The molecule has 8 nitrogen and oxygen atoms in total. The van der Waals surface area contributed by atoms with Gasteiger partial charge in [0.2, 0.25) is 5.91 Å². The Morgan fingerprint density at radius 1 is 0.857 bits per heavy atom. The first kappa shape index (κ1) is 29.3. The zero-order chi connectivity index (χ0) is 30.0. The van der Waals surface area contributed by atoms with Gasteiger partial charge in [0.05, 0.1) is 17.2 Å². The molecule has 1 aliphatic heterocycles. The van der Waals surface area contributed by atoms with Crippen molar-refractivity contribution in [2.45, 2.75) is 50.6 Å². The van der Waals surface area contributed by atoms with Gasteiger partial charge in [-0.3, -0.25) is 14.4 Å². The molecule has 2 aromatic carbocycles. The number of halogens is 4. The van der Waals surface area contributed by atoms with Crippen LogP contribution in [0.4, 0.5) is 23.2 Å². The molecule has 5 rings (SSSR count). The molecule has 1 saturated heterocycles. The van der Waals surface area contributed by atoms with Gasteiger partial charge < -0.3 is 15.3 Å². The molecule has 2 amide bonds. The molecule has 2 aliphatic rings. The van der Waals surface area contributed by atoms with E-state index in [9.17, 15) is 37.1 Å². The molecule has 0 bridgehead atoms. The molecule has 2 heterocycles. The van der Waals surface area contributed by atoms with Gasteiger partial charge in [-0.25, -0.2) is 9.07 Å². The summed E-state index contributed by atoms with van der Waals surface area (Å²) in [6, 6.07) is 11.6. The fourth-order valence-electron chi connectivity index (χ4n) is 5.79. The highest BCUT2D eigenvalue weighted by molar-refractivity contribution is 6.05. The lowest BCUT2D eigenvalue weighted by Crippen LogP contribution is -2.42. The first-order valence-corrected chi connectivity index (χ1v) is 13.9. The van der Waals surface area contributed by atoms with E-state index < -0.39 is 35.1 Å². The number of nitrogens with zero attached hydrogens (tertiary/aromatic N) is 3. The third kappa shape index (κ3) is 6.47. The summed E-state index contributed by atoms with van der Waals surface area (Å²) in [6.07, 6.45) is -0.166. The Morgan fingerprint density at radius 3 is 2.02 bits per heavy atom. The number of aromatic nitrogens is 2. The summed E-state index contributed by atoms with van der Waals surface area (Å²) in [7, 11) is 0. The lowest BCUT2D eigenvalue weighted by molar-refractivity contribution is -0.146. The molecule has 0 unspecified atom stereocenters. The summed E-state index contributed by atoms with van der Waals surface area (Å²) in [5.41, 5.74) is -0.525. The van der Waals surface area contributed by atoms with E-state index in [2.05, 4.69) is 10.4 Å². The third-order valence-corrected chi connectivity index (χ3v) is 8.19. The molecule has 0 atom stereocenters. The number of alkyl halides is 3. The summed E-state index contributed by atoms with van der Waals surface area (Å²) < 4.78 is 55.1. The van der Waals surface area contributed by atoms with Crippen LogP contribution in [0.5, 0.6) is 0 Å². The van der Waals surface area contributed by atoms with Crippen LogP contribution in [-0.4, -0.2) is 50.7 Å². The molecule has 0 radical (unpaired) electrons. The van der Waals surface area contributed by atoms with Crippen molar-refractivity contribution >= 4 is 23.5 Å². The molecule has 0 spiro atoms. The Morgan fingerprint density at radius 2 is 1.45 bits per heavy atom. The van der Waals surface area contributed by atoms with E-state index in [4.69, 9.17) is 0 Å². The number of carboxylic acid groups (broad SMARTS) is 1. The quantitative estimate of drug-likeness (QED) is 0.351. The number of amides is 2. The Kier molecular flexibility index (Phi) is 8.33. The molecule has 1 saturated carbocycles. The van der Waals surface area contributed by atoms with Crippen molar-refractivity contribution < 1.29 is 37.1 Å². The minimum absolute atomic E-state index is 0.0938. The zero-order valence-electron chi connectivity index (χ0n) is 22.6. The number of benzene rings is 2. The second kappa shape index (κ2) is 11.9. The number of carbonyl (C=O) groups excluding carboxylic acids is 2. The number of anilines is 1. The van der Waals surface area contributed by atoms with E-state index in [1.807, 2.05) is 17.0 Å². The maximum absolute atomic E-state index is 13.7. The van der Waals surface area contributed by atoms with Crippen LogP contribution in [0.3, 0.4) is 0 Å². The molecule has 3 aromatic rings. The van der Waals surface area contributed by atoms with Crippen molar-refractivity contribution in [1.29, 1.82) is 0 Å².